The lowest BCUT2D eigenvalue weighted by atomic mass is 10.1. The van der Waals surface area contributed by atoms with Crippen LogP contribution in [0.2, 0.25) is 10.0 Å². The minimum absolute atomic E-state index is 0.128. The molecule has 0 radical (unpaired) electrons. The molecule has 0 saturated heterocycles. The smallest absolute Gasteiger partial charge is 0.262 e. The maximum atomic E-state index is 12.3. The third-order valence-electron chi connectivity index (χ3n) is 3.85. The van der Waals surface area contributed by atoms with Crippen LogP contribution in [0, 0.1) is 0 Å². The van der Waals surface area contributed by atoms with Gasteiger partial charge in [-0.1, -0.05) is 29.3 Å². The molecule has 2 aromatic heterocycles. The van der Waals surface area contributed by atoms with Gasteiger partial charge in [-0.25, -0.2) is 4.98 Å². The normalized spacial score (nSPS) is 12.3. The summed E-state index contributed by atoms with van der Waals surface area (Å²) >= 11 is 13.3. The van der Waals surface area contributed by atoms with Crippen LogP contribution >= 0.6 is 34.5 Å². The summed E-state index contributed by atoms with van der Waals surface area (Å²) < 4.78 is 1.46. The van der Waals surface area contributed by atoms with E-state index in [9.17, 15) is 9.59 Å². The Balaban J connectivity index is 1.62. The van der Waals surface area contributed by atoms with Crippen LogP contribution in [-0.2, 0) is 11.3 Å². The van der Waals surface area contributed by atoms with Gasteiger partial charge in [0.1, 0.15) is 4.83 Å². The Morgan fingerprint density at radius 2 is 2.12 bits per heavy atom. The van der Waals surface area contributed by atoms with Crippen molar-refractivity contribution in [1.82, 2.24) is 14.9 Å². The van der Waals surface area contributed by atoms with Crippen LogP contribution in [0.1, 0.15) is 24.9 Å². The molecule has 0 aliphatic heterocycles. The van der Waals surface area contributed by atoms with Gasteiger partial charge in [0.15, 0.2) is 0 Å². The number of fused-ring (bicyclic) bond motifs is 1. The Hall–Kier alpha value is -1.89. The summed E-state index contributed by atoms with van der Waals surface area (Å²) in [4.78, 5) is 29.4. The van der Waals surface area contributed by atoms with Crippen molar-refractivity contribution >= 4 is 50.7 Å². The van der Waals surface area contributed by atoms with Gasteiger partial charge in [0.05, 0.1) is 27.8 Å². The van der Waals surface area contributed by atoms with E-state index in [2.05, 4.69) is 10.3 Å². The van der Waals surface area contributed by atoms with E-state index in [0.29, 0.717) is 20.3 Å². The van der Waals surface area contributed by atoms with Gasteiger partial charge in [0.25, 0.3) is 5.56 Å². The quantitative estimate of drug-likeness (QED) is 0.708. The Morgan fingerprint density at radius 3 is 2.88 bits per heavy atom. The molecule has 130 valence electrons. The highest BCUT2D eigenvalue weighted by atomic mass is 35.5. The maximum Gasteiger partial charge on any atom is 0.262 e. The van der Waals surface area contributed by atoms with Gasteiger partial charge >= 0.3 is 0 Å². The van der Waals surface area contributed by atoms with Crippen LogP contribution in [-0.4, -0.2) is 15.5 Å². The summed E-state index contributed by atoms with van der Waals surface area (Å²) in [6, 6.07) is 6.78. The number of nitrogens with one attached hydrogen (secondary N) is 1. The third-order valence-corrected chi connectivity index (χ3v) is 5.41. The molecule has 25 heavy (non-hydrogen) atoms. The summed E-state index contributed by atoms with van der Waals surface area (Å²) in [6.07, 6.45) is 1.67. The van der Waals surface area contributed by atoms with Crippen LogP contribution in [0.3, 0.4) is 0 Å². The molecule has 1 N–H and O–H groups in total. The zero-order valence-electron chi connectivity index (χ0n) is 13.3. The lowest BCUT2D eigenvalue weighted by Gasteiger charge is -2.15. The molecule has 0 aliphatic rings. The van der Waals surface area contributed by atoms with Gasteiger partial charge in [0, 0.05) is 13.0 Å². The number of halogens is 2. The number of hydrogen-bond donors (Lipinski definition) is 1. The molecule has 8 heteroatoms. The van der Waals surface area contributed by atoms with Crippen molar-refractivity contribution < 1.29 is 4.79 Å². The van der Waals surface area contributed by atoms with Crippen molar-refractivity contribution in [3.8, 4) is 0 Å². The number of carbonyl (C=O) groups excluding carboxylic acids is 1. The summed E-state index contributed by atoms with van der Waals surface area (Å²) in [5, 5.41) is 6.22. The number of carbonyl (C=O) groups is 1. The second-order valence-corrected chi connectivity index (χ2v) is 7.30. The fraction of sp³-hybridized carbons (Fsp3) is 0.235. The number of thiophene rings is 1. The molecule has 0 saturated carbocycles. The molecule has 3 rings (SSSR count). The number of aryl methyl sites for hydroxylation is 1. The number of hydrogen-bond acceptors (Lipinski definition) is 4. The first-order valence-corrected chi connectivity index (χ1v) is 9.26. The first-order valence-electron chi connectivity index (χ1n) is 7.62. The average molecular weight is 396 g/mol. The Kier molecular flexibility index (Phi) is 5.42. The van der Waals surface area contributed by atoms with Crippen molar-refractivity contribution in [2.75, 3.05) is 0 Å². The SMILES string of the molecule is C[C@H](NC(=O)CCn1cnc2sccc2c1=O)c1ccc(Cl)c(Cl)c1. The van der Waals surface area contributed by atoms with Gasteiger partial charge in [-0.2, -0.15) is 0 Å². The molecule has 0 bridgehead atoms. The predicted molar refractivity (Wildman–Crippen MR) is 102 cm³/mol. The number of benzene rings is 1. The highest BCUT2D eigenvalue weighted by Gasteiger charge is 2.12. The first-order chi connectivity index (χ1) is 12.0. The monoisotopic (exact) mass is 395 g/mol. The van der Waals surface area contributed by atoms with E-state index >= 15 is 0 Å². The molecule has 1 atom stereocenters. The zero-order valence-corrected chi connectivity index (χ0v) is 15.7. The van der Waals surface area contributed by atoms with E-state index in [-0.39, 0.29) is 30.5 Å². The Morgan fingerprint density at radius 1 is 1.32 bits per heavy atom. The molecule has 0 fully saturated rings. The van der Waals surface area contributed by atoms with Gasteiger partial charge in [-0.05, 0) is 36.1 Å². The van der Waals surface area contributed by atoms with Crippen LogP contribution in [0.25, 0.3) is 10.2 Å². The minimum atomic E-state index is -0.212. The maximum absolute atomic E-state index is 12.3. The molecule has 0 unspecified atom stereocenters. The summed E-state index contributed by atoms with van der Waals surface area (Å²) in [6.45, 7) is 2.14. The molecule has 3 aromatic rings. The first kappa shape index (κ1) is 17.9. The molecule has 1 amide bonds. The molecule has 1 aromatic carbocycles. The molecule has 0 spiro atoms. The lowest BCUT2D eigenvalue weighted by molar-refractivity contribution is -0.121. The number of amides is 1. The minimum Gasteiger partial charge on any atom is -0.350 e. The van der Waals surface area contributed by atoms with E-state index in [1.54, 1.807) is 18.2 Å². The van der Waals surface area contributed by atoms with Gasteiger partial charge in [-0.3, -0.25) is 14.2 Å². The van der Waals surface area contributed by atoms with Crippen molar-refractivity contribution in [2.24, 2.45) is 0 Å². The number of aromatic nitrogens is 2. The topological polar surface area (TPSA) is 64.0 Å². The summed E-state index contributed by atoms with van der Waals surface area (Å²) in [5.41, 5.74) is 0.734. The zero-order chi connectivity index (χ0) is 18.0. The third kappa shape index (κ3) is 4.03. The fourth-order valence-corrected chi connectivity index (χ4v) is 3.48. The molecule has 0 aliphatic carbocycles. The Bertz CT molecular complexity index is 983. The van der Waals surface area contributed by atoms with Gasteiger partial charge in [-0.15, -0.1) is 11.3 Å². The van der Waals surface area contributed by atoms with Gasteiger partial charge < -0.3 is 5.32 Å². The second-order valence-electron chi connectivity index (χ2n) is 5.60. The van der Waals surface area contributed by atoms with E-state index < -0.39 is 0 Å². The van der Waals surface area contributed by atoms with Crippen molar-refractivity contribution in [3.05, 3.63) is 61.9 Å². The lowest BCUT2D eigenvalue weighted by Crippen LogP contribution is -2.29. The van der Waals surface area contributed by atoms with Crippen molar-refractivity contribution in [3.63, 3.8) is 0 Å². The molecule has 2 heterocycles. The van der Waals surface area contributed by atoms with E-state index in [4.69, 9.17) is 23.2 Å². The molecule has 5 nitrogen and oxygen atoms in total. The van der Waals surface area contributed by atoms with E-state index in [1.165, 1.54) is 22.2 Å². The predicted octanol–water partition coefficient (Wildman–Crippen LogP) is 4.03. The summed E-state index contributed by atoms with van der Waals surface area (Å²) in [5.74, 6) is -0.157. The molecular weight excluding hydrogens is 381 g/mol. The largest absolute Gasteiger partial charge is 0.350 e. The highest BCUT2D eigenvalue weighted by molar-refractivity contribution is 7.16. The van der Waals surface area contributed by atoms with Crippen LogP contribution < -0.4 is 10.9 Å². The standard InChI is InChI=1S/C17H15Cl2N3O2S/c1-10(11-2-3-13(18)14(19)8-11)21-15(23)4-6-22-9-20-16-12(17(22)24)5-7-25-16/h2-3,5,7-10H,4,6H2,1H3,(H,21,23)/t10-/m0/s1. The van der Waals surface area contributed by atoms with Crippen molar-refractivity contribution in [1.29, 1.82) is 0 Å². The van der Waals surface area contributed by atoms with E-state index in [0.717, 1.165) is 5.56 Å². The highest BCUT2D eigenvalue weighted by Crippen LogP contribution is 2.25. The van der Waals surface area contributed by atoms with E-state index in [1.807, 2.05) is 18.4 Å². The number of rotatable bonds is 5. The average Bonchev–Trinajstić information content (AvgIpc) is 3.06. The van der Waals surface area contributed by atoms with Crippen LogP contribution in [0.4, 0.5) is 0 Å². The fourth-order valence-electron chi connectivity index (χ4n) is 2.45. The van der Waals surface area contributed by atoms with Crippen LogP contribution in [0.15, 0.2) is 40.8 Å². The second kappa shape index (κ2) is 7.56. The number of nitrogens with zero attached hydrogens (tertiary/aromatic N) is 2. The van der Waals surface area contributed by atoms with Crippen LogP contribution in [0.5, 0.6) is 0 Å². The molecular formula is C17H15Cl2N3O2S. The van der Waals surface area contributed by atoms with Crippen molar-refractivity contribution in [2.45, 2.75) is 25.9 Å². The Labute approximate surface area is 158 Å². The summed E-state index contributed by atoms with van der Waals surface area (Å²) in [7, 11) is 0. The van der Waals surface area contributed by atoms with Gasteiger partial charge in [0.2, 0.25) is 5.91 Å².